The lowest BCUT2D eigenvalue weighted by Crippen LogP contribution is -2.41. The summed E-state index contributed by atoms with van der Waals surface area (Å²) in [5.74, 6) is -2.01. The van der Waals surface area contributed by atoms with Crippen LogP contribution in [0.5, 0.6) is 0 Å². The van der Waals surface area contributed by atoms with Gasteiger partial charge in [-0.2, -0.15) is 8.42 Å². The van der Waals surface area contributed by atoms with E-state index in [-0.39, 0.29) is 22.5 Å². The van der Waals surface area contributed by atoms with Crippen LogP contribution >= 0.6 is 0 Å². The zero-order valence-corrected chi connectivity index (χ0v) is 18.0. The van der Waals surface area contributed by atoms with Gasteiger partial charge in [0, 0.05) is 0 Å². The van der Waals surface area contributed by atoms with Crippen molar-refractivity contribution in [1.29, 1.82) is 0 Å². The Morgan fingerprint density at radius 1 is 0.758 bits per heavy atom. The van der Waals surface area contributed by atoms with Gasteiger partial charge in [-0.15, -0.1) is 0 Å². The zero-order valence-electron chi connectivity index (χ0n) is 17.1. The minimum atomic E-state index is -4.41. The molecule has 33 heavy (non-hydrogen) atoms. The third-order valence-electron chi connectivity index (χ3n) is 5.31. The number of benzene rings is 3. The topological polar surface area (TPSA) is 135 Å². The Hall–Kier alpha value is -3.51. The summed E-state index contributed by atoms with van der Waals surface area (Å²) in [5, 5.41) is 20.9. The highest BCUT2D eigenvalue weighted by Crippen LogP contribution is 2.33. The van der Waals surface area contributed by atoms with Crippen molar-refractivity contribution in [3.8, 4) is 0 Å². The number of rotatable bonds is 6. The summed E-state index contributed by atoms with van der Waals surface area (Å²) in [7, 11) is -6.04. The standard InChI is InChI=1S/C22H19BN2O7S/c26-21-20(14-15-6-8-16(9-7-15)23(28)29)22(27)25(24(21)17-4-2-1-3-5-17)18-10-12-19(13-11-18)33(30,31)32/h1-13,20,28-29H,14H2,(H,30,31,32). The largest absolute Gasteiger partial charge is 0.488 e. The fraction of sp³-hybridized carbons (Fsp3) is 0.0909. The summed E-state index contributed by atoms with van der Waals surface area (Å²) in [6, 6.07) is 19.8. The monoisotopic (exact) mass is 466 g/mol. The van der Waals surface area contributed by atoms with Crippen LogP contribution in [0, 0.1) is 5.92 Å². The fourth-order valence-electron chi connectivity index (χ4n) is 3.65. The van der Waals surface area contributed by atoms with Gasteiger partial charge in [0.05, 0.1) is 16.3 Å². The van der Waals surface area contributed by atoms with Crippen LogP contribution in [0.2, 0.25) is 0 Å². The van der Waals surface area contributed by atoms with E-state index in [0.29, 0.717) is 11.3 Å². The molecule has 1 heterocycles. The highest BCUT2D eigenvalue weighted by molar-refractivity contribution is 7.85. The van der Waals surface area contributed by atoms with Gasteiger partial charge in [-0.3, -0.25) is 14.1 Å². The molecule has 0 saturated carbocycles. The van der Waals surface area contributed by atoms with E-state index < -0.39 is 35.0 Å². The van der Waals surface area contributed by atoms with Gasteiger partial charge in [-0.25, -0.2) is 10.0 Å². The molecule has 9 nitrogen and oxygen atoms in total. The summed E-state index contributed by atoms with van der Waals surface area (Å²) >= 11 is 0. The van der Waals surface area contributed by atoms with Crippen molar-refractivity contribution in [2.24, 2.45) is 5.92 Å². The normalized spacial score (nSPS) is 16.4. The summed E-state index contributed by atoms with van der Waals surface area (Å²) in [4.78, 5) is 26.4. The van der Waals surface area contributed by atoms with Gasteiger partial charge in [0.2, 0.25) is 0 Å². The van der Waals surface area contributed by atoms with Crippen molar-refractivity contribution >= 4 is 45.9 Å². The molecule has 0 bridgehead atoms. The number of hydrogen-bond donors (Lipinski definition) is 3. The van der Waals surface area contributed by atoms with Crippen LogP contribution in [-0.2, 0) is 26.1 Å². The molecule has 1 saturated heterocycles. The molecule has 0 radical (unpaired) electrons. The molecule has 168 valence electrons. The molecule has 2 amide bonds. The average Bonchev–Trinajstić information content (AvgIpc) is 3.04. The van der Waals surface area contributed by atoms with Crippen molar-refractivity contribution in [1.82, 2.24) is 0 Å². The van der Waals surface area contributed by atoms with Gasteiger partial charge in [0.15, 0.2) is 0 Å². The lowest BCUT2D eigenvalue weighted by molar-refractivity contribution is -0.126. The predicted molar refractivity (Wildman–Crippen MR) is 121 cm³/mol. The van der Waals surface area contributed by atoms with E-state index in [1.54, 1.807) is 42.5 Å². The molecule has 1 fully saturated rings. The van der Waals surface area contributed by atoms with E-state index in [0.717, 1.165) is 12.1 Å². The molecule has 1 atom stereocenters. The van der Waals surface area contributed by atoms with Gasteiger partial charge in [-0.1, -0.05) is 42.5 Å². The van der Waals surface area contributed by atoms with Crippen molar-refractivity contribution in [2.75, 3.05) is 10.0 Å². The smallest absolute Gasteiger partial charge is 0.423 e. The first-order valence-electron chi connectivity index (χ1n) is 9.92. The second-order valence-corrected chi connectivity index (χ2v) is 8.90. The molecule has 1 aliphatic rings. The molecule has 0 aromatic heterocycles. The maximum atomic E-state index is 13.4. The molecule has 3 aromatic rings. The van der Waals surface area contributed by atoms with E-state index in [1.807, 2.05) is 0 Å². The number of anilines is 2. The maximum Gasteiger partial charge on any atom is 0.488 e. The number of carbonyl (C=O) groups excluding carboxylic acids is 2. The third kappa shape index (κ3) is 4.52. The molecule has 0 aliphatic carbocycles. The molecular weight excluding hydrogens is 447 g/mol. The van der Waals surface area contributed by atoms with Gasteiger partial charge in [-0.05, 0) is 53.8 Å². The minimum absolute atomic E-state index is 0.0857. The Kier molecular flexibility index (Phi) is 6.04. The van der Waals surface area contributed by atoms with Crippen LogP contribution in [0.4, 0.5) is 11.4 Å². The minimum Gasteiger partial charge on any atom is -0.423 e. The number of carbonyl (C=O) groups is 2. The van der Waals surface area contributed by atoms with E-state index in [4.69, 9.17) is 0 Å². The summed E-state index contributed by atoms with van der Waals surface area (Å²) in [6.07, 6.45) is 0.0857. The first-order chi connectivity index (χ1) is 15.7. The first kappa shape index (κ1) is 22.7. The van der Waals surface area contributed by atoms with E-state index >= 15 is 0 Å². The molecule has 3 N–H and O–H groups in total. The SMILES string of the molecule is O=C1C(Cc2ccc(B(O)O)cc2)C(=O)N(c2ccc(S(=O)(=O)O)cc2)N1c1ccccc1. The predicted octanol–water partition coefficient (Wildman–Crippen LogP) is 0.767. The van der Waals surface area contributed by atoms with Crippen molar-refractivity contribution in [3.63, 3.8) is 0 Å². The maximum absolute atomic E-state index is 13.4. The van der Waals surface area contributed by atoms with Crippen molar-refractivity contribution in [3.05, 3.63) is 84.4 Å². The van der Waals surface area contributed by atoms with Crippen LogP contribution in [0.15, 0.2) is 83.8 Å². The quantitative estimate of drug-likeness (QED) is 0.277. The van der Waals surface area contributed by atoms with Crippen LogP contribution < -0.4 is 15.5 Å². The van der Waals surface area contributed by atoms with Crippen LogP contribution in [0.25, 0.3) is 0 Å². The van der Waals surface area contributed by atoms with Crippen molar-refractivity contribution in [2.45, 2.75) is 11.3 Å². The highest BCUT2D eigenvalue weighted by Gasteiger charge is 2.47. The van der Waals surface area contributed by atoms with E-state index in [2.05, 4.69) is 0 Å². The van der Waals surface area contributed by atoms with Gasteiger partial charge in [0.25, 0.3) is 21.9 Å². The Morgan fingerprint density at radius 3 is 1.76 bits per heavy atom. The fourth-order valence-corrected chi connectivity index (χ4v) is 4.13. The van der Waals surface area contributed by atoms with Gasteiger partial charge in [0.1, 0.15) is 5.92 Å². The van der Waals surface area contributed by atoms with Gasteiger partial charge >= 0.3 is 7.12 Å². The molecular formula is C22H19BN2O7S. The van der Waals surface area contributed by atoms with Crippen LogP contribution in [0.1, 0.15) is 5.56 Å². The lowest BCUT2D eigenvalue weighted by atomic mass is 9.80. The second-order valence-electron chi connectivity index (χ2n) is 7.48. The highest BCUT2D eigenvalue weighted by atomic mass is 32.2. The van der Waals surface area contributed by atoms with Crippen molar-refractivity contribution < 1.29 is 32.6 Å². The zero-order chi connectivity index (χ0) is 23.8. The number of hydrogen-bond acceptors (Lipinski definition) is 6. The number of para-hydroxylation sites is 1. The Bertz CT molecular complexity index is 1280. The third-order valence-corrected chi connectivity index (χ3v) is 6.18. The Balaban J connectivity index is 1.71. The Morgan fingerprint density at radius 2 is 1.27 bits per heavy atom. The Labute approximate surface area is 190 Å². The molecule has 11 heteroatoms. The van der Waals surface area contributed by atoms with E-state index in [1.165, 1.54) is 34.3 Å². The van der Waals surface area contributed by atoms with Crippen LogP contribution in [-0.4, -0.2) is 42.0 Å². The summed E-state index contributed by atoms with van der Waals surface area (Å²) in [5.41, 5.74) is 1.65. The number of amides is 2. The summed E-state index contributed by atoms with van der Waals surface area (Å²) in [6.45, 7) is 0. The lowest BCUT2D eigenvalue weighted by Gasteiger charge is -2.27. The number of hydrazine groups is 1. The molecule has 0 spiro atoms. The van der Waals surface area contributed by atoms with Crippen LogP contribution in [0.3, 0.4) is 0 Å². The first-order valence-corrected chi connectivity index (χ1v) is 11.4. The van der Waals surface area contributed by atoms with E-state index in [9.17, 15) is 32.6 Å². The molecule has 4 rings (SSSR count). The molecule has 1 unspecified atom stereocenters. The average molecular weight is 466 g/mol. The number of nitrogens with zero attached hydrogens (tertiary/aromatic N) is 2. The molecule has 1 aliphatic heterocycles. The second kappa shape index (κ2) is 8.79. The molecule has 3 aromatic carbocycles. The summed E-state index contributed by atoms with van der Waals surface area (Å²) < 4.78 is 32.0. The van der Waals surface area contributed by atoms with Gasteiger partial charge < -0.3 is 10.0 Å².